The van der Waals surface area contributed by atoms with Crippen molar-refractivity contribution in [3.05, 3.63) is 77.0 Å². The van der Waals surface area contributed by atoms with Crippen LogP contribution >= 0.6 is 15.9 Å². The van der Waals surface area contributed by atoms with Crippen LogP contribution in [0.5, 0.6) is 0 Å². The molecule has 2 aromatic carbocycles. The van der Waals surface area contributed by atoms with Gasteiger partial charge in [0.05, 0.1) is 4.90 Å². The lowest BCUT2D eigenvalue weighted by Gasteiger charge is -2.09. The molecule has 0 spiro atoms. The number of amides is 1. The molecule has 1 amide bonds. The van der Waals surface area contributed by atoms with E-state index in [1.54, 1.807) is 42.7 Å². The van der Waals surface area contributed by atoms with E-state index in [9.17, 15) is 13.2 Å². The number of nitrogens with one attached hydrogen (secondary N) is 2. The van der Waals surface area contributed by atoms with Crippen molar-refractivity contribution in [1.29, 1.82) is 0 Å². The minimum atomic E-state index is -3.70. The van der Waals surface area contributed by atoms with E-state index in [0.717, 1.165) is 15.4 Å². The van der Waals surface area contributed by atoms with Crippen molar-refractivity contribution in [2.75, 3.05) is 13.1 Å². The summed E-state index contributed by atoms with van der Waals surface area (Å²) in [7, 11) is -3.70. The average Bonchev–Trinajstić information content (AvgIpc) is 2.70. The number of carbonyl (C=O) groups is 1. The Bertz CT molecular complexity index is 1110. The summed E-state index contributed by atoms with van der Waals surface area (Å²) >= 11 is 3.35. The average molecular weight is 460 g/mol. The maximum absolute atomic E-state index is 12.6. The number of carbonyl (C=O) groups excluding carboxylic acids is 1. The summed E-state index contributed by atoms with van der Waals surface area (Å²) in [6.07, 6.45) is 6.28. The predicted molar refractivity (Wildman–Crippen MR) is 113 cm³/mol. The molecule has 0 unspecified atom stereocenters. The molecule has 144 valence electrons. The van der Waals surface area contributed by atoms with Crippen LogP contribution in [-0.4, -0.2) is 32.4 Å². The fraction of sp³-hybridized carbons (Fsp3) is 0.100. The second kappa shape index (κ2) is 9.09. The zero-order valence-electron chi connectivity index (χ0n) is 14.8. The molecule has 0 fully saturated rings. The number of halogens is 1. The fourth-order valence-corrected chi connectivity index (χ4v) is 4.10. The zero-order chi connectivity index (χ0) is 20.0. The van der Waals surface area contributed by atoms with E-state index in [1.807, 2.05) is 24.3 Å². The third-order valence-corrected chi connectivity index (χ3v) is 5.99. The number of hydrogen-bond acceptors (Lipinski definition) is 4. The Kier molecular flexibility index (Phi) is 6.56. The summed E-state index contributed by atoms with van der Waals surface area (Å²) in [5.74, 6) is -0.293. The molecule has 0 aliphatic heterocycles. The molecule has 28 heavy (non-hydrogen) atoms. The maximum atomic E-state index is 12.6. The van der Waals surface area contributed by atoms with Crippen LogP contribution in [-0.2, 0) is 14.8 Å². The minimum Gasteiger partial charge on any atom is -0.351 e. The smallest absolute Gasteiger partial charge is 0.244 e. The van der Waals surface area contributed by atoms with Crippen LogP contribution in [0, 0.1) is 0 Å². The fourth-order valence-electron chi connectivity index (χ4n) is 2.58. The lowest BCUT2D eigenvalue weighted by molar-refractivity contribution is -0.116. The Morgan fingerprint density at radius 2 is 1.86 bits per heavy atom. The molecule has 1 heterocycles. The SMILES string of the molecule is O=C(C=Cc1ccc(Br)cc1)NCCNS(=O)(=O)c1cccc2cnccc12. The molecule has 0 aliphatic rings. The maximum Gasteiger partial charge on any atom is 0.244 e. The van der Waals surface area contributed by atoms with Gasteiger partial charge in [-0.1, -0.05) is 40.2 Å². The zero-order valence-corrected chi connectivity index (χ0v) is 17.2. The topological polar surface area (TPSA) is 88.2 Å². The van der Waals surface area contributed by atoms with Crippen LogP contribution in [0.4, 0.5) is 0 Å². The number of benzene rings is 2. The summed E-state index contributed by atoms with van der Waals surface area (Å²) in [5.41, 5.74) is 0.893. The largest absolute Gasteiger partial charge is 0.351 e. The second-order valence-corrected chi connectivity index (χ2v) is 8.58. The second-order valence-electron chi connectivity index (χ2n) is 5.93. The van der Waals surface area contributed by atoms with Gasteiger partial charge in [-0.25, -0.2) is 13.1 Å². The van der Waals surface area contributed by atoms with Crippen molar-refractivity contribution >= 4 is 48.7 Å². The normalized spacial score (nSPS) is 11.8. The molecule has 0 saturated heterocycles. The summed E-state index contributed by atoms with van der Waals surface area (Å²) in [6, 6.07) is 14.2. The van der Waals surface area contributed by atoms with Crippen LogP contribution in [0.3, 0.4) is 0 Å². The van der Waals surface area contributed by atoms with Gasteiger partial charge in [0.25, 0.3) is 0 Å². The number of rotatable bonds is 7. The van der Waals surface area contributed by atoms with Gasteiger partial charge in [0.2, 0.25) is 15.9 Å². The van der Waals surface area contributed by atoms with Crippen LogP contribution in [0.25, 0.3) is 16.8 Å². The predicted octanol–water partition coefficient (Wildman–Crippen LogP) is 3.11. The van der Waals surface area contributed by atoms with Crippen LogP contribution in [0.2, 0.25) is 0 Å². The van der Waals surface area contributed by atoms with Gasteiger partial charge in [0, 0.05) is 46.8 Å². The van der Waals surface area contributed by atoms with E-state index in [0.29, 0.717) is 5.39 Å². The van der Waals surface area contributed by atoms with Crippen molar-refractivity contribution in [3.8, 4) is 0 Å². The third kappa shape index (κ3) is 5.25. The molecular weight excluding hydrogens is 442 g/mol. The molecule has 1 aromatic heterocycles. The number of hydrogen-bond donors (Lipinski definition) is 2. The number of sulfonamides is 1. The standard InChI is InChI=1S/C20H18BrN3O3S/c21-17-7-4-15(5-8-17)6-9-20(25)23-12-13-24-28(26,27)19-3-1-2-16-14-22-11-10-18(16)19/h1-11,14,24H,12-13H2,(H,23,25). The Hall–Kier alpha value is -2.55. The Balaban J connectivity index is 1.54. The number of nitrogens with zero attached hydrogens (tertiary/aromatic N) is 1. The Morgan fingerprint density at radius 3 is 2.64 bits per heavy atom. The first kappa shape index (κ1) is 20.2. The number of pyridine rings is 1. The molecule has 8 heteroatoms. The minimum absolute atomic E-state index is 0.0850. The molecule has 0 radical (unpaired) electrons. The molecule has 3 aromatic rings. The summed E-state index contributed by atoms with van der Waals surface area (Å²) in [5, 5.41) is 4.00. The van der Waals surface area contributed by atoms with Gasteiger partial charge in [-0.15, -0.1) is 0 Å². The highest BCUT2D eigenvalue weighted by atomic mass is 79.9. The van der Waals surface area contributed by atoms with Crippen molar-refractivity contribution in [1.82, 2.24) is 15.0 Å². The first-order valence-corrected chi connectivity index (χ1v) is 10.8. The Labute approximate surface area is 171 Å². The lowest BCUT2D eigenvalue weighted by Crippen LogP contribution is -2.34. The molecular formula is C20H18BrN3O3S. The lowest BCUT2D eigenvalue weighted by atomic mass is 10.2. The van der Waals surface area contributed by atoms with Gasteiger partial charge in [0.1, 0.15) is 0 Å². The van der Waals surface area contributed by atoms with Crippen LogP contribution in [0.15, 0.2) is 76.4 Å². The molecule has 0 aliphatic carbocycles. The van der Waals surface area contributed by atoms with Crippen molar-refractivity contribution in [3.63, 3.8) is 0 Å². The first-order valence-electron chi connectivity index (χ1n) is 8.49. The van der Waals surface area contributed by atoms with Gasteiger partial charge in [-0.2, -0.15) is 0 Å². The molecule has 3 rings (SSSR count). The van der Waals surface area contributed by atoms with Gasteiger partial charge < -0.3 is 5.32 Å². The number of fused-ring (bicyclic) bond motifs is 1. The highest BCUT2D eigenvalue weighted by Crippen LogP contribution is 2.21. The number of aromatic nitrogens is 1. The molecule has 2 N–H and O–H groups in total. The van der Waals surface area contributed by atoms with E-state index in [-0.39, 0.29) is 23.9 Å². The molecule has 0 bridgehead atoms. The van der Waals surface area contributed by atoms with Crippen molar-refractivity contribution < 1.29 is 13.2 Å². The Morgan fingerprint density at radius 1 is 1.07 bits per heavy atom. The highest BCUT2D eigenvalue weighted by molar-refractivity contribution is 9.10. The van der Waals surface area contributed by atoms with Crippen LogP contribution in [0.1, 0.15) is 5.56 Å². The van der Waals surface area contributed by atoms with E-state index in [1.165, 1.54) is 6.08 Å². The van der Waals surface area contributed by atoms with E-state index in [4.69, 9.17) is 0 Å². The van der Waals surface area contributed by atoms with Gasteiger partial charge >= 0.3 is 0 Å². The van der Waals surface area contributed by atoms with Gasteiger partial charge in [-0.3, -0.25) is 9.78 Å². The van der Waals surface area contributed by atoms with E-state index >= 15 is 0 Å². The van der Waals surface area contributed by atoms with E-state index in [2.05, 4.69) is 31.0 Å². The van der Waals surface area contributed by atoms with Gasteiger partial charge in [0.15, 0.2) is 0 Å². The van der Waals surface area contributed by atoms with Gasteiger partial charge in [-0.05, 0) is 35.9 Å². The summed E-state index contributed by atoms with van der Waals surface area (Å²) in [6.45, 7) is 0.261. The molecule has 6 nitrogen and oxygen atoms in total. The first-order chi connectivity index (χ1) is 13.5. The molecule has 0 saturated carbocycles. The van der Waals surface area contributed by atoms with Crippen molar-refractivity contribution in [2.45, 2.75) is 4.90 Å². The van der Waals surface area contributed by atoms with Crippen LogP contribution < -0.4 is 10.0 Å². The summed E-state index contributed by atoms with van der Waals surface area (Å²) in [4.78, 5) is 16.1. The molecule has 0 atom stereocenters. The highest BCUT2D eigenvalue weighted by Gasteiger charge is 2.16. The third-order valence-electron chi connectivity index (χ3n) is 3.94. The monoisotopic (exact) mass is 459 g/mol. The van der Waals surface area contributed by atoms with E-state index < -0.39 is 10.0 Å². The summed E-state index contributed by atoms with van der Waals surface area (Å²) < 4.78 is 28.6. The van der Waals surface area contributed by atoms with Crippen molar-refractivity contribution in [2.24, 2.45) is 0 Å². The quantitative estimate of drug-likeness (QED) is 0.419.